The van der Waals surface area contributed by atoms with Gasteiger partial charge >= 0.3 is 0 Å². The van der Waals surface area contributed by atoms with Crippen molar-refractivity contribution in [3.63, 3.8) is 0 Å². The second kappa shape index (κ2) is 3.87. The van der Waals surface area contributed by atoms with Gasteiger partial charge in [0.25, 0.3) is 0 Å². The summed E-state index contributed by atoms with van der Waals surface area (Å²) in [7, 11) is 0. The summed E-state index contributed by atoms with van der Waals surface area (Å²) in [6, 6.07) is -0.243. The molecule has 1 rings (SSSR count). The van der Waals surface area contributed by atoms with E-state index < -0.39 is 0 Å². The van der Waals surface area contributed by atoms with Crippen molar-refractivity contribution in [3.8, 4) is 0 Å². The minimum atomic E-state index is -0.243. The molecule has 0 radical (unpaired) electrons. The molecule has 1 saturated carbocycles. The van der Waals surface area contributed by atoms with E-state index in [1.165, 1.54) is 0 Å². The molecule has 12 heavy (non-hydrogen) atoms. The van der Waals surface area contributed by atoms with Gasteiger partial charge in [0.05, 0.1) is 0 Å². The molecule has 0 heterocycles. The summed E-state index contributed by atoms with van der Waals surface area (Å²) in [6.07, 6.45) is 3.92. The van der Waals surface area contributed by atoms with E-state index in [0.29, 0.717) is 11.8 Å². The van der Waals surface area contributed by atoms with E-state index in [-0.39, 0.29) is 11.0 Å². The van der Waals surface area contributed by atoms with Gasteiger partial charge in [0.2, 0.25) is 6.04 Å². The molecular formula is C9H17NO2. The highest BCUT2D eigenvalue weighted by molar-refractivity contribution is 4.77. The van der Waals surface area contributed by atoms with Gasteiger partial charge in [-0.15, -0.1) is 0 Å². The highest BCUT2D eigenvalue weighted by Gasteiger charge is 2.36. The van der Waals surface area contributed by atoms with Crippen LogP contribution in [-0.2, 0) is 0 Å². The van der Waals surface area contributed by atoms with E-state index in [4.69, 9.17) is 0 Å². The third-order valence-electron chi connectivity index (χ3n) is 2.66. The molecule has 3 heteroatoms. The average Bonchev–Trinajstić information content (AvgIpc) is 2.33. The molecule has 0 N–H and O–H groups in total. The topological polar surface area (TPSA) is 43.1 Å². The van der Waals surface area contributed by atoms with E-state index in [9.17, 15) is 10.1 Å². The van der Waals surface area contributed by atoms with Gasteiger partial charge in [-0.05, 0) is 25.2 Å². The second-order valence-electron chi connectivity index (χ2n) is 4.17. The zero-order chi connectivity index (χ0) is 9.14. The maximum Gasteiger partial charge on any atom is 0.215 e. The maximum absolute atomic E-state index is 10.6. The van der Waals surface area contributed by atoms with Crippen molar-refractivity contribution in [3.05, 3.63) is 10.1 Å². The predicted octanol–water partition coefficient (Wildman–Crippen LogP) is 2.48. The molecular weight excluding hydrogens is 154 g/mol. The van der Waals surface area contributed by atoms with Gasteiger partial charge in [0.15, 0.2) is 0 Å². The minimum Gasteiger partial charge on any atom is -0.264 e. The summed E-state index contributed by atoms with van der Waals surface area (Å²) in [5.41, 5.74) is 0. The largest absolute Gasteiger partial charge is 0.264 e. The van der Waals surface area contributed by atoms with Crippen LogP contribution < -0.4 is 0 Å². The molecule has 1 aliphatic rings. The highest BCUT2D eigenvalue weighted by atomic mass is 16.6. The van der Waals surface area contributed by atoms with Gasteiger partial charge < -0.3 is 0 Å². The molecule has 0 bridgehead atoms. The molecule has 1 aliphatic carbocycles. The Bertz CT molecular complexity index is 168. The molecule has 0 spiro atoms. The monoisotopic (exact) mass is 171 g/mol. The Hall–Kier alpha value is -0.600. The molecule has 70 valence electrons. The van der Waals surface area contributed by atoms with Gasteiger partial charge in [-0.3, -0.25) is 10.1 Å². The minimum absolute atomic E-state index is 0.0833. The zero-order valence-electron chi connectivity index (χ0n) is 7.82. The molecule has 0 amide bonds. The lowest BCUT2D eigenvalue weighted by Gasteiger charge is -2.14. The number of hydrogen-bond donors (Lipinski definition) is 0. The molecule has 2 atom stereocenters. The molecule has 0 aromatic heterocycles. The van der Waals surface area contributed by atoms with Crippen molar-refractivity contribution in [2.45, 2.75) is 45.6 Å². The van der Waals surface area contributed by atoms with Gasteiger partial charge in [0, 0.05) is 17.3 Å². The first kappa shape index (κ1) is 9.49. The molecule has 0 saturated heterocycles. The van der Waals surface area contributed by atoms with Crippen molar-refractivity contribution in [2.24, 2.45) is 11.8 Å². The normalized spacial score (nSPS) is 29.6. The van der Waals surface area contributed by atoms with Gasteiger partial charge in [0.1, 0.15) is 0 Å². The van der Waals surface area contributed by atoms with Crippen LogP contribution in [0, 0.1) is 22.0 Å². The first-order chi connectivity index (χ1) is 5.61. The summed E-state index contributed by atoms with van der Waals surface area (Å²) in [4.78, 5) is 10.5. The number of nitrogens with zero attached hydrogens (tertiary/aromatic N) is 1. The SMILES string of the molecule is CC(C)CC1CCCC1[N+](=O)[O-]. The number of rotatable bonds is 3. The van der Waals surface area contributed by atoms with E-state index >= 15 is 0 Å². The number of nitro groups is 1. The Kier molecular flexibility index (Phi) is 3.06. The summed E-state index contributed by atoms with van der Waals surface area (Å²) in [5, 5.41) is 10.6. The molecule has 1 fully saturated rings. The van der Waals surface area contributed by atoms with Crippen LogP contribution in [0.3, 0.4) is 0 Å². The van der Waals surface area contributed by atoms with Gasteiger partial charge in [-0.25, -0.2) is 0 Å². The highest BCUT2D eigenvalue weighted by Crippen LogP contribution is 2.32. The lowest BCUT2D eigenvalue weighted by Crippen LogP contribution is -2.24. The van der Waals surface area contributed by atoms with Gasteiger partial charge in [-0.1, -0.05) is 13.8 Å². The van der Waals surface area contributed by atoms with Crippen molar-refractivity contribution in [2.75, 3.05) is 0 Å². The summed E-state index contributed by atoms with van der Waals surface area (Å²) >= 11 is 0. The Morgan fingerprint density at radius 3 is 2.67 bits per heavy atom. The van der Waals surface area contributed by atoms with Gasteiger partial charge in [-0.2, -0.15) is 0 Å². The fraction of sp³-hybridized carbons (Fsp3) is 1.00. The van der Waals surface area contributed by atoms with Crippen molar-refractivity contribution in [1.82, 2.24) is 0 Å². The van der Waals surface area contributed by atoms with Crippen LogP contribution in [0.25, 0.3) is 0 Å². The molecule has 0 aromatic carbocycles. The van der Waals surface area contributed by atoms with Crippen LogP contribution in [-0.4, -0.2) is 11.0 Å². The second-order valence-corrected chi connectivity index (χ2v) is 4.17. The Balaban J connectivity index is 2.46. The Morgan fingerprint density at radius 2 is 2.17 bits per heavy atom. The van der Waals surface area contributed by atoms with Crippen molar-refractivity contribution < 1.29 is 4.92 Å². The zero-order valence-corrected chi connectivity index (χ0v) is 7.82. The summed E-state index contributed by atoms with van der Waals surface area (Å²) < 4.78 is 0. The van der Waals surface area contributed by atoms with Crippen molar-refractivity contribution >= 4 is 0 Å². The average molecular weight is 171 g/mol. The van der Waals surface area contributed by atoms with Crippen LogP contribution in [0.4, 0.5) is 0 Å². The van der Waals surface area contributed by atoms with Crippen LogP contribution in [0.1, 0.15) is 39.5 Å². The standard InChI is InChI=1S/C9H17NO2/c1-7(2)6-8-4-3-5-9(8)10(11)12/h7-9H,3-6H2,1-2H3. The Labute approximate surface area is 73.3 Å². The molecule has 3 nitrogen and oxygen atoms in total. The maximum atomic E-state index is 10.6. The number of hydrogen-bond acceptors (Lipinski definition) is 2. The molecule has 0 aliphatic heterocycles. The predicted molar refractivity (Wildman–Crippen MR) is 47.6 cm³/mol. The lowest BCUT2D eigenvalue weighted by atomic mass is 9.93. The fourth-order valence-corrected chi connectivity index (χ4v) is 2.18. The smallest absolute Gasteiger partial charge is 0.215 e. The van der Waals surface area contributed by atoms with Crippen LogP contribution in [0.15, 0.2) is 0 Å². The van der Waals surface area contributed by atoms with E-state index in [2.05, 4.69) is 13.8 Å². The lowest BCUT2D eigenvalue weighted by molar-refractivity contribution is -0.529. The van der Waals surface area contributed by atoms with Crippen LogP contribution in [0.5, 0.6) is 0 Å². The van der Waals surface area contributed by atoms with Crippen LogP contribution in [0.2, 0.25) is 0 Å². The van der Waals surface area contributed by atoms with Crippen LogP contribution >= 0.6 is 0 Å². The Morgan fingerprint density at radius 1 is 1.50 bits per heavy atom. The van der Waals surface area contributed by atoms with Crippen molar-refractivity contribution in [1.29, 1.82) is 0 Å². The third-order valence-corrected chi connectivity index (χ3v) is 2.66. The third kappa shape index (κ3) is 2.19. The first-order valence-electron chi connectivity index (χ1n) is 4.74. The molecule has 2 unspecified atom stereocenters. The molecule has 0 aromatic rings. The van der Waals surface area contributed by atoms with E-state index in [0.717, 1.165) is 25.7 Å². The summed E-state index contributed by atoms with van der Waals surface area (Å²) in [5.74, 6) is 0.940. The van der Waals surface area contributed by atoms with E-state index in [1.807, 2.05) is 0 Å². The summed E-state index contributed by atoms with van der Waals surface area (Å²) in [6.45, 7) is 4.27. The first-order valence-corrected chi connectivity index (χ1v) is 4.74. The fourth-order valence-electron chi connectivity index (χ4n) is 2.18. The van der Waals surface area contributed by atoms with E-state index in [1.54, 1.807) is 0 Å². The quantitative estimate of drug-likeness (QED) is 0.483.